The van der Waals surface area contributed by atoms with E-state index in [0.29, 0.717) is 5.88 Å². The molecule has 0 saturated carbocycles. The maximum atomic E-state index is 5.65. The molecular weight excluding hydrogens is 174 g/mol. The zero-order valence-corrected chi connectivity index (χ0v) is 8.23. The van der Waals surface area contributed by atoms with Crippen molar-refractivity contribution in [3.63, 3.8) is 0 Å². The zero-order chi connectivity index (χ0) is 9.80. The first-order chi connectivity index (χ1) is 6.86. The van der Waals surface area contributed by atoms with E-state index >= 15 is 0 Å². The van der Waals surface area contributed by atoms with E-state index in [2.05, 4.69) is 24.1 Å². The van der Waals surface area contributed by atoms with Crippen LogP contribution < -0.4 is 4.74 Å². The molecule has 0 unspecified atom stereocenters. The molecule has 0 aliphatic heterocycles. The van der Waals surface area contributed by atoms with Gasteiger partial charge < -0.3 is 4.74 Å². The summed E-state index contributed by atoms with van der Waals surface area (Å²) in [5.74, 6) is 1.60. The quantitative estimate of drug-likeness (QED) is 0.709. The third-order valence-corrected chi connectivity index (χ3v) is 2.19. The van der Waals surface area contributed by atoms with Crippen molar-refractivity contribution in [2.45, 2.75) is 19.8 Å². The van der Waals surface area contributed by atoms with Crippen molar-refractivity contribution in [3.8, 4) is 5.88 Å². The van der Waals surface area contributed by atoms with E-state index in [-0.39, 0.29) is 0 Å². The number of hydrogen-bond donors (Lipinski definition) is 0. The first-order valence-electron chi connectivity index (χ1n) is 4.82. The van der Waals surface area contributed by atoms with E-state index in [4.69, 9.17) is 4.74 Å². The van der Waals surface area contributed by atoms with Crippen LogP contribution in [0.1, 0.15) is 19.8 Å². The lowest BCUT2D eigenvalue weighted by Crippen LogP contribution is -2.01. The normalized spacial score (nSPS) is 15.8. The van der Waals surface area contributed by atoms with Gasteiger partial charge in [0.25, 0.3) is 0 Å². The first-order valence-corrected chi connectivity index (χ1v) is 4.82. The summed E-state index contributed by atoms with van der Waals surface area (Å²) in [4.78, 5) is 4.12. The second-order valence-corrected chi connectivity index (χ2v) is 3.30. The highest BCUT2D eigenvalue weighted by molar-refractivity contribution is 5.30. The summed E-state index contributed by atoms with van der Waals surface area (Å²) in [6.45, 7) is 2.06. The lowest BCUT2D eigenvalue weighted by Gasteiger charge is -2.12. The van der Waals surface area contributed by atoms with Gasteiger partial charge in [-0.1, -0.05) is 12.1 Å². The summed E-state index contributed by atoms with van der Waals surface area (Å²) >= 11 is 0. The van der Waals surface area contributed by atoms with Gasteiger partial charge in [-0.25, -0.2) is 4.98 Å². The fraction of sp³-hybridized carbons (Fsp3) is 0.250. The predicted molar refractivity (Wildman–Crippen MR) is 55.9 cm³/mol. The van der Waals surface area contributed by atoms with Crippen LogP contribution in [0.4, 0.5) is 0 Å². The Kier molecular flexibility index (Phi) is 2.63. The van der Waals surface area contributed by atoms with Crippen LogP contribution in [0.25, 0.3) is 0 Å². The Balaban J connectivity index is 2.12. The molecule has 0 aromatic carbocycles. The molecule has 0 radical (unpaired) electrons. The summed E-state index contributed by atoms with van der Waals surface area (Å²) < 4.78 is 5.65. The van der Waals surface area contributed by atoms with E-state index < -0.39 is 0 Å². The first kappa shape index (κ1) is 9.00. The van der Waals surface area contributed by atoms with Crippen LogP contribution in [0.15, 0.2) is 47.9 Å². The van der Waals surface area contributed by atoms with E-state index in [1.54, 1.807) is 6.20 Å². The number of pyridine rings is 1. The van der Waals surface area contributed by atoms with Gasteiger partial charge in [-0.15, -0.1) is 0 Å². The molecule has 0 spiro atoms. The predicted octanol–water partition coefficient (Wildman–Crippen LogP) is 3.08. The number of allylic oxidation sites excluding steroid dienone is 3. The molecule has 72 valence electrons. The number of hydrogen-bond acceptors (Lipinski definition) is 2. The molecule has 0 amide bonds. The van der Waals surface area contributed by atoms with Gasteiger partial charge >= 0.3 is 0 Å². The average molecular weight is 187 g/mol. The number of aromatic nitrogens is 1. The second-order valence-electron chi connectivity index (χ2n) is 3.30. The van der Waals surface area contributed by atoms with Crippen LogP contribution in [0, 0.1) is 0 Å². The smallest absolute Gasteiger partial charge is 0.219 e. The number of ether oxygens (including phenoxy) is 1. The summed E-state index contributed by atoms with van der Waals surface area (Å²) in [6.07, 6.45) is 8.21. The topological polar surface area (TPSA) is 22.1 Å². The van der Waals surface area contributed by atoms with Gasteiger partial charge in [0.15, 0.2) is 0 Å². The minimum atomic E-state index is 0.661. The van der Waals surface area contributed by atoms with Gasteiger partial charge in [0, 0.05) is 12.3 Å². The van der Waals surface area contributed by atoms with Crippen molar-refractivity contribution in [2.24, 2.45) is 0 Å². The molecule has 1 heterocycles. The highest BCUT2D eigenvalue weighted by Crippen LogP contribution is 2.20. The van der Waals surface area contributed by atoms with Crippen LogP contribution in [0.3, 0.4) is 0 Å². The van der Waals surface area contributed by atoms with Crippen molar-refractivity contribution >= 4 is 0 Å². The van der Waals surface area contributed by atoms with Crippen LogP contribution in [-0.2, 0) is 0 Å². The van der Waals surface area contributed by atoms with Crippen LogP contribution in [-0.4, -0.2) is 4.98 Å². The highest BCUT2D eigenvalue weighted by Gasteiger charge is 2.06. The van der Waals surface area contributed by atoms with Crippen LogP contribution >= 0.6 is 0 Å². The molecule has 0 saturated heterocycles. The van der Waals surface area contributed by atoms with Crippen molar-refractivity contribution < 1.29 is 4.74 Å². The molecule has 2 rings (SSSR count). The Morgan fingerprint density at radius 2 is 2.07 bits per heavy atom. The maximum absolute atomic E-state index is 5.65. The molecule has 14 heavy (non-hydrogen) atoms. The Morgan fingerprint density at radius 1 is 1.21 bits per heavy atom. The molecule has 0 atom stereocenters. The standard InChI is InChI=1S/C12H13NO/c1-10-6-2-3-7-11(10)14-12-8-4-5-9-13-12/h4-9H,2-3H2,1H3. The highest BCUT2D eigenvalue weighted by atomic mass is 16.5. The van der Waals surface area contributed by atoms with Gasteiger partial charge in [0.1, 0.15) is 5.76 Å². The summed E-state index contributed by atoms with van der Waals surface area (Å²) in [5, 5.41) is 0. The Hall–Kier alpha value is -1.57. The van der Waals surface area contributed by atoms with Gasteiger partial charge in [0.2, 0.25) is 5.88 Å². The molecular formula is C12H13NO. The monoisotopic (exact) mass is 187 g/mol. The largest absolute Gasteiger partial charge is 0.439 e. The van der Waals surface area contributed by atoms with Crippen molar-refractivity contribution in [3.05, 3.63) is 47.9 Å². The minimum absolute atomic E-state index is 0.661. The van der Waals surface area contributed by atoms with Crippen molar-refractivity contribution in [1.82, 2.24) is 4.98 Å². The molecule has 1 aromatic rings. The van der Waals surface area contributed by atoms with Crippen LogP contribution in [0.2, 0.25) is 0 Å². The Bertz CT molecular complexity index is 365. The third-order valence-electron chi connectivity index (χ3n) is 2.19. The third kappa shape index (κ3) is 2.02. The lowest BCUT2D eigenvalue weighted by atomic mass is 10.1. The number of rotatable bonds is 2. The maximum Gasteiger partial charge on any atom is 0.219 e. The van der Waals surface area contributed by atoms with Crippen molar-refractivity contribution in [1.29, 1.82) is 0 Å². The molecule has 2 heteroatoms. The summed E-state index contributed by atoms with van der Waals surface area (Å²) in [5.41, 5.74) is 1.20. The van der Waals surface area contributed by atoms with Gasteiger partial charge in [-0.2, -0.15) is 0 Å². The van der Waals surface area contributed by atoms with E-state index in [1.165, 1.54) is 5.57 Å². The number of nitrogens with zero attached hydrogens (tertiary/aromatic N) is 1. The summed E-state index contributed by atoms with van der Waals surface area (Å²) in [7, 11) is 0. The van der Waals surface area contributed by atoms with E-state index in [9.17, 15) is 0 Å². The van der Waals surface area contributed by atoms with Crippen molar-refractivity contribution in [2.75, 3.05) is 0 Å². The van der Waals surface area contributed by atoms with Gasteiger partial charge in [-0.05, 0) is 37.5 Å². The molecule has 1 aliphatic rings. The average Bonchev–Trinajstić information content (AvgIpc) is 2.23. The van der Waals surface area contributed by atoms with Gasteiger partial charge in [-0.3, -0.25) is 0 Å². The van der Waals surface area contributed by atoms with E-state index in [1.807, 2.05) is 18.2 Å². The molecule has 0 N–H and O–H groups in total. The van der Waals surface area contributed by atoms with Gasteiger partial charge in [0.05, 0.1) is 0 Å². The molecule has 1 aromatic heterocycles. The zero-order valence-electron chi connectivity index (χ0n) is 8.23. The molecule has 1 aliphatic carbocycles. The second kappa shape index (κ2) is 4.09. The minimum Gasteiger partial charge on any atom is -0.439 e. The molecule has 0 bridgehead atoms. The SMILES string of the molecule is CC1=CCCC=C1Oc1ccccn1. The Labute approximate surface area is 83.9 Å². The van der Waals surface area contributed by atoms with E-state index in [0.717, 1.165) is 18.6 Å². The fourth-order valence-corrected chi connectivity index (χ4v) is 1.42. The summed E-state index contributed by atoms with van der Waals surface area (Å²) in [6, 6.07) is 5.66. The molecule has 2 nitrogen and oxygen atoms in total. The lowest BCUT2D eigenvalue weighted by molar-refractivity contribution is 0.413. The Morgan fingerprint density at radius 3 is 2.79 bits per heavy atom. The van der Waals surface area contributed by atoms with Crippen LogP contribution in [0.5, 0.6) is 5.88 Å². The molecule has 0 fully saturated rings. The fourth-order valence-electron chi connectivity index (χ4n) is 1.42.